The third-order valence-corrected chi connectivity index (χ3v) is 2.94. The van der Waals surface area contributed by atoms with Crippen LogP contribution in [0.25, 0.3) is 11.0 Å². The van der Waals surface area contributed by atoms with Crippen molar-refractivity contribution in [2.24, 2.45) is 0 Å². The summed E-state index contributed by atoms with van der Waals surface area (Å²) in [7, 11) is 0. The van der Waals surface area contributed by atoms with E-state index in [9.17, 15) is 9.59 Å². The van der Waals surface area contributed by atoms with Crippen LogP contribution in [0.5, 0.6) is 0 Å². The van der Waals surface area contributed by atoms with Crippen LogP contribution in [0, 0.1) is 0 Å². The van der Waals surface area contributed by atoms with Crippen molar-refractivity contribution in [1.82, 2.24) is 5.32 Å². The van der Waals surface area contributed by atoms with Gasteiger partial charge >= 0.3 is 5.63 Å². The summed E-state index contributed by atoms with van der Waals surface area (Å²) >= 11 is 0. The fraction of sp³-hybridized carbons (Fsp3) is 0.375. The summed E-state index contributed by atoms with van der Waals surface area (Å²) in [6.07, 6.45) is 0.872. The topological polar surface area (TPSA) is 68.5 Å². The second-order valence-corrected chi connectivity index (χ2v) is 5.01. The molecule has 21 heavy (non-hydrogen) atoms. The van der Waals surface area contributed by atoms with Crippen LogP contribution in [0.3, 0.4) is 0 Å². The maximum atomic E-state index is 12.0. The van der Waals surface area contributed by atoms with E-state index >= 15 is 0 Å². The standard InChI is InChI=1S/C16H19NO4/c1-11(2)20-9-5-8-17-15(18)13-10-12-6-3-4-7-14(12)21-16(13)19/h3-4,6-7,10-11H,5,8-9H2,1-2H3,(H,17,18). The number of benzene rings is 1. The largest absolute Gasteiger partial charge is 0.422 e. The van der Waals surface area contributed by atoms with Gasteiger partial charge in [-0.15, -0.1) is 0 Å². The fourth-order valence-electron chi connectivity index (χ4n) is 1.91. The molecule has 0 aliphatic carbocycles. The van der Waals surface area contributed by atoms with E-state index in [-0.39, 0.29) is 11.7 Å². The Kier molecular flexibility index (Phi) is 5.11. The van der Waals surface area contributed by atoms with Crippen LogP contribution in [0.1, 0.15) is 30.6 Å². The van der Waals surface area contributed by atoms with Gasteiger partial charge in [-0.25, -0.2) is 4.79 Å². The van der Waals surface area contributed by atoms with E-state index in [0.29, 0.717) is 25.2 Å². The zero-order valence-electron chi connectivity index (χ0n) is 12.2. The van der Waals surface area contributed by atoms with Crippen LogP contribution < -0.4 is 10.9 Å². The summed E-state index contributed by atoms with van der Waals surface area (Å²) in [6.45, 7) is 4.94. The third kappa shape index (κ3) is 4.16. The van der Waals surface area contributed by atoms with E-state index in [1.165, 1.54) is 0 Å². The Morgan fingerprint density at radius 3 is 2.86 bits per heavy atom. The molecule has 112 valence electrons. The second-order valence-electron chi connectivity index (χ2n) is 5.01. The summed E-state index contributed by atoms with van der Waals surface area (Å²) in [5, 5.41) is 3.43. The quantitative estimate of drug-likeness (QED) is 0.654. The van der Waals surface area contributed by atoms with Gasteiger partial charge < -0.3 is 14.5 Å². The lowest BCUT2D eigenvalue weighted by atomic mass is 10.2. The smallest absolute Gasteiger partial charge is 0.349 e. The van der Waals surface area contributed by atoms with Crippen molar-refractivity contribution in [3.63, 3.8) is 0 Å². The molecule has 0 fully saturated rings. The highest BCUT2D eigenvalue weighted by Gasteiger charge is 2.12. The molecule has 2 rings (SSSR count). The number of fused-ring (bicyclic) bond motifs is 1. The van der Waals surface area contributed by atoms with Gasteiger partial charge in [-0.1, -0.05) is 18.2 Å². The van der Waals surface area contributed by atoms with E-state index in [1.807, 2.05) is 19.9 Å². The second kappa shape index (κ2) is 7.04. The molecule has 0 aliphatic rings. The van der Waals surface area contributed by atoms with Gasteiger partial charge in [-0.3, -0.25) is 4.79 Å². The first-order valence-electron chi connectivity index (χ1n) is 7.00. The minimum Gasteiger partial charge on any atom is -0.422 e. The van der Waals surface area contributed by atoms with Crippen LogP contribution >= 0.6 is 0 Å². The Labute approximate surface area is 122 Å². The molecule has 0 saturated heterocycles. The minimum atomic E-state index is -0.621. The Morgan fingerprint density at radius 1 is 1.33 bits per heavy atom. The highest BCUT2D eigenvalue weighted by atomic mass is 16.5. The zero-order valence-corrected chi connectivity index (χ0v) is 12.2. The Morgan fingerprint density at radius 2 is 2.10 bits per heavy atom. The van der Waals surface area contributed by atoms with Gasteiger partial charge in [0.1, 0.15) is 11.1 Å². The van der Waals surface area contributed by atoms with Crippen LogP contribution in [0.15, 0.2) is 39.5 Å². The van der Waals surface area contributed by atoms with Gasteiger partial charge in [0.2, 0.25) is 0 Å². The molecular weight excluding hydrogens is 270 g/mol. The number of carbonyl (C=O) groups excluding carboxylic acids is 1. The van der Waals surface area contributed by atoms with Crippen LogP contribution in [0.2, 0.25) is 0 Å². The van der Waals surface area contributed by atoms with E-state index in [2.05, 4.69) is 5.32 Å². The first-order chi connectivity index (χ1) is 10.1. The molecule has 0 unspecified atom stereocenters. The van der Waals surface area contributed by atoms with Crippen molar-refractivity contribution >= 4 is 16.9 Å². The number of para-hydroxylation sites is 1. The number of rotatable bonds is 6. The van der Waals surface area contributed by atoms with Gasteiger partial charge in [0, 0.05) is 18.5 Å². The molecule has 1 heterocycles. The van der Waals surface area contributed by atoms with Crippen LogP contribution in [-0.4, -0.2) is 25.2 Å². The van der Waals surface area contributed by atoms with Crippen LogP contribution in [0.4, 0.5) is 0 Å². The van der Waals surface area contributed by atoms with Crippen molar-refractivity contribution in [1.29, 1.82) is 0 Å². The molecule has 5 nitrogen and oxygen atoms in total. The molecule has 0 atom stereocenters. The predicted octanol–water partition coefficient (Wildman–Crippen LogP) is 2.34. The molecule has 0 bridgehead atoms. The van der Waals surface area contributed by atoms with Crippen molar-refractivity contribution in [3.8, 4) is 0 Å². The normalized spacial score (nSPS) is 11.0. The van der Waals surface area contributed by atoms with E-state index in [1.54, 1.807) is 24.3 Å². The molecular formula is C16H19NO4. The van der Waals surface area contributed by atoms with Gasteiger partial charge in [-0.2, -0.15) is 0 Å². The fourth-order valence-corrected chi connectivity index (χ4v) is 1.91. The molecule has 0 spiro atoms. The molecule has 0 aliphatic heterocycles. The monoisotopic (exact) mass is 289 g/mol. The first-order valence-corrected chi connectivity index (χ1v) is 7.00. The lowest BCUT2D eigenvalue weighted by Crippen LogP contribution is -2.29. The predicted molar refractivity (Wildman–Crippen MR) is 80.5 cm³/mol. The number of amides is 1. The molecule has 2 aromatic rings. The molecule has 1 aromatic heterocycles. The van der Waals surface area contributed by atoms with Crippen molar-refractivity contribution < 1.29 is 13.9 Å². The average Bonchev–Trinajstić information content (AvgIpc) is 2.45. The molecule has 1 N–H and O–H groups in total. The third-order valence-electron chi connectivity index (χ3n) is 2.94. The molecule has 0 radical (unpaired) electrons. The van der Waals surface area contributed by atoms with Crippen LogP contribution in [-0.2, 0) is 4.74 Å². The van der Waals surface area contributed by atoms with Gasteiger partial charge in [0.15, 0.2) is 0 Å². The highest BCUT2D eigenvalue weighted by Crippen LogP contribution is 2.12. The summed E-state index contributed by atoms with van der Waals surface area (Å²) in [4.78, 5) is 23.8. The number of carbonyl (C=O) groups is 1. The van der Waals surface area contributed by atoms with Crippen molar-refractivity contribution in [2.45, 2.75) is 26.4 Å². The highest BCUT2D eigenvalue weighted by molar-refractivity contribution is 5.96. The summed E-state index contributed by atoms with van der Waals surface area (Å²) in [5.41, 5.74) is -0.118. The molecule has 0 saturated carbocycles. The van der Waals surface area contributed by atoms with Crippen molar-refractivity contribution in [3.05, 3.63) is 46.3 Å². The minimum absolute atomic E-state index is 0.0264. The summed E-state index contributed by atoms with van der Waals surface area (Å²) in [6, 6.07) is 8.65. The Hall–Kier alpha value is -2.14. The molecule has 1 aromatic carbocycles. The van der Waals surface area contributed by atoms with E-state index in [0.717, 1.165) is 5.39 Å². The maximum absolute atomic E-state index is 12.0. The maximum Gasteiger partial charge on any atom is 0.349 e. The lowest BCUT2D eigenvalue weighted by Gasteiger charge is -2.08. The van der Waals surface area contributed by atoms with E-state index < -0.39 is 11.5 Å². The number of hydrogen-bond donors (Lipinski definition) is 1. The number of ether oxygens (including phenoxy) is 1. The van der Waals surface area contributed by atoms with Gasteiger partial charge in [0.25, 0.3) is 5.91 Å². The first kappa shape index (κ1) is 15.3. The molecule has 1 amide bonds. The van der Waals surface area contributed by atoms with Crippen molar-refractivity contribution in [2.75, 3.05) is 13.2 Å². The number of nitrogens with one attached hydrogen (secondary N) is 1. The molecule has 5 heteroatoms. The van der Waals surface area contributed by atoms with E-state index in [4.69, 9.17) is 9.15 Å². The summed E-state index contributed by atoms with van der Waals surface area (Å²) in [5.74, 6) is -0.418. The Balaban J connectivity index is 1.99. The summed E-state index contributed by atoms with van der Waals surface area (Å²) < 4.78 is 10.5. The van der Waals surface area contributed by atoms with Gasteiger partial charge in [-0.05, 0) is 32.4 Å². The SMILES string of the molecule is CC(C)OCCCNC(=O)c1cc2ccccc2oc1=O. The van der Waals surface area contributed by atoms with Gasteiger partial charge in [0.05, 0.1) is 6.10 Å². The lowest BCUT2D eigenvalue weighted by molar-refractivity contribution is 0.0757. The zero-order chi connectivity index (χ0) is 15.2. The average molecular weight is 289 g/mol. The Bertz CT molecular complexity index is 675. The number of hydrogen-bond acceptors (Lipinski definition) is 4.